The van der Waals surface area contributed by atoms with E-state index in [9.17, 15) is 15.3 Å². The first kappa shape index (κ1) is 21.8. The fraction of sp³-hybridized carbons (Fsp3) is 0.500. The van der Waals surface area contributed by atoms with Crippen molar-refractivity contribution in [1.82, 2.24) is 19.9 Å². The third-order valence-electron chi connectivity index (χ3n) is 5.44. The predicted molar refractivity (Wildman–Crippen MR) is 118 cm³/mol. The molecule has 5 N–H and O–H groups in total. The molecule has 0 spiro atoms. The smallest absolute Gasteiger partial charge is 0.224 e. The maximum absolute atomic E-state index is 10.5. The normalized spacial score (nSPS) is 23.4. The Balaban J connectivity index is 1.72. The number of aromatic nitrogens is 4. The van der Waals surface area contributed by atoms with Gasteiger partial charge in [-0.15, -0.1) is 11.3 Å². The van der Waals surface area contributed by atoms with E-state index in [0.29, 0.717) is 31.3 Å². The fourth-order valence-electron chi connectivity index (χ4n) is 3.79. The van der Waals surface area contributed by atoms with Crippen molar-refractivity contribution >= 4 is 33.3 Å². The van der Waals surface area contributed by atoms with Gasteiger partial charge >= 0.3 is 0 Å². The van der Waals surface area contributed by atoms with Crippen molar-refractivity contribution in [3.05, 3.63) is 24.2 Å². The molecule has 1 saturated carbocycles. The third-order valence-corrected chi connectivity index (χ3v) is 6.50. The number of nitrogens with zero attached hydrogens (tertiary/aromatic N) is 4. The maximum atomic E-state index is 10.5. The van der Waals surface area contributed by atoms with Crippen LogP contribution in [0.15, 0.2) is 18.5 Å². The number of methoxy groups -OCH3 is 1. The SMILES string of the molecule is COCCNc1nc(C)c(-c2nc3cnccc3s2)c(N[C@@H]2C[C@H](CO)[C@@H](O)[C@H]2O)n1. The highest BCUT2D eigenvalue weighted by atomic mass is 32.1. The molecule has 0 bridgehead atoms. The molecule has 0 unspecified atom stereocenters. The van der Waals surface area contributed by atoms with Crippen LogP contribution in [-0.2, 0) is 4.74 Å². The van der Waals surface area contributed by atoms with Crippen molar-refractivity contribution in [3.63, 3.8) is 0 Å². The summed E-state index contributed by atoms with van der Waals surface area (Å²) in [6.07, 6.45) is 1.83. The minimum atomic E-state index is -1.02. The Hall–Kier alpha value is -2.44. The molecule has 10 nitrogen and oxygen atoms in total. The summed E-state index contributed by atoms with van der Waals surface area (Å²) in [7, 11) is 1.62. The van der Waals surface area contributed by atoms with Crippen LogP contribution in [0.5, 0.6) is 0 Å². The monoisotopic (exact) mass is 446 g/mol. The van der Waals surface area contributed by atoms with Crippen LogP contribution in [0, 0.1) is 12.8 Å². The number of rotatable bonds is 8. The molecule has 166 valence electrons. The van der Waals surface area contributed by atoms with Crippen molar-refractivity contribution in [2.45, 2.75) is 31.6 Å². The standard InChI is InChI=1S/C20H26N6O4S/c1-10-15(19-25-13-8-21-4-3-14(13)31-19)18(26-20(23-10)22-5-6-30-2)24-12-7-11(9-27)16(28)17(12)29/h3-4,8,11-12,16-17,27-29H,5-7,9H2,1-2H3,(H2,22,23,24,26)/t11-,12-,16-,17+/m1/s1. The van der Waals surface area contributed by atoms with Crippen LogP contribution in [0.25, 0.3) is 20.8 Å². The number of aliphatic hydroxyl groups is 3. The van der Waals surface area contributed by atoms with Crippen LogP contribution in [0.3, 0.4) is 0 Å². The second-order valence-corrected chi connectivity index (χ2v) is 8.58. The molecule has 0 aromatic carbocycles. The molecule has 4 rings (SSSR count). The average molecular weight is 447 g/mol. The van der Waals surface area contributed by atoms with E-state index in [1.807, 2.05) is 13.0 Å². The van der Waals surface area contributed by atoms with Gasteiger partial charge in [-0.05, 0) is 19.4 Å². The van der Waals surface area contributed by atoms with Gasteiger partial charge in [0.05, 0.1) is 40.9 Å². The molecule has 1 aliphatic rings. The number of thiazole rings is 1. The Labute approximate surface area is 183 Å². The zero-order valence-electron chi connectivity index (χ0n) is 17.3. The van der Waals surface area contributed by atoms with Gasteiger partial charge in [0.25, 0.3) is 0 Å². The summed E-state index contributed by atoms with van der Waals surface area (Å²) in [6, 6.07) is 1.44. The molecule has 0 saturated heterocycles. The zero-order chi connectivity index (χ0) is 22.0. The molecule has 3 aromatic heterocycles. The molecule has 1 aliphatic carbocycles. The van der Waals surface area contributed by atoms with E-state index in [0.717, 1.165) is 26.5 Å². The summed E-state index contributed by atoms with van der Waals surface area (Å²) in [4.78, 5) is 18.0. The number of nitrogens with one attached hydrogen (secondary N) is 2. The number of aryl methyl sites for hydroxylation is 1. The van der Waals surface area contributed by atoms with Crippen molar-refractivity contribution in [2.24, 2.45) is 5.92 Å². The van der Waals surface area contributed by atoms with Gasteiger partial charge in [-0.2, -0.15) is 4.98 Å². The van der Waals surface area contributed by atoms with E-state index in [2.05, 4.69) is 25.6 Å². The first-order valence-electron chi connectivity index (χ1n) is 10.1. The average Bonchev–Trinajstić information content (AvgIpc) is 3.29. The molecule has 0 amide bonds. The van der Waals surface area contributed by atoms with E-state index >= 15 is 0 Å². The van der Waals surface area contributed by atoms with Gasteiger partial charge < -0.3 is 30.7 Å². The summed E-state index contributed by atoms with van der Waals surface area (Å²) in [5.41, 5.74) is 2.23. The lowest BCUT2D eigenvalue weighted by Crippen LogP contribution is -2.35. The van der Waals surface area contributed by atoms with E-state index in [4.69, 9.17) is 9.72 Å². The summed E-state index contributed by atoms with van der Waals surface area (Å²) in [5.74, 6) is 0.538. The van der Waals surface area contributed by atoms with Crippen LogP contribution in [0.1, 0.15) is 12.1 Å². The lowest BCUT2D eigenvalue weighted by molar-refractivity contribution is 0.00446. The summed E-state index contributed by atoms with van der Waals surface area (Å²) >= 11 is 1.51. The van der Waals surface area contributed by atoms with E-state index in [1.54, 1.807) is 19.5 Å². The molecule has 11 heteroatoms. The molecule has 3 heterocycles. The lowest BCUT2D eigenvalue weighted by Gasteiger charge is -2.21. The lowest BCUT2D eigenvalue weighted by atomic mass is 10.1. The van der Waals surface area contributed by atoms with Gasteiger partial charge in [0.2, 0.25) is 5.95 Å². The number of ether oxygens (including phenoxy) is 1. The Morgan fingerprint density at radius 1 is 1.23 bits per heavy atom. The minimum absolute atomic E-state index is 0.194. The maximum Gasteiger partial charge on any atom is 0.224 e. The van der Waals surface area contributed by atoms with Gasteiger partial charge in [-0.3, -0.25) is 4.98 Å². The quantitative estimate of drug-likeness (QED) is 0.318. The number of pyridine rings is 1. The minimum Gasteiger partial charge on any atom is -0.396 e. The van der Waals surface area contributed by atoms with Gasteiger partial charge in [-0.25, -0.2) is 9.97 Å². The number of hydrogen-bond acceptors (Lipinski definition) is 11. The van der Waals surface area contributed by atoms with Gasteiger partial charge in [0, 0.05) is 32.4 Å². The van der Waals surface area contributed by atoms with Crippen LogP contribution in [0.4, 0.5) is 11.8 Å². The molecule has 0 radical (unpaired) electrons. The van der Waals surface area contributed by atoms with Gasteiger partial charge in [0.1, 0.15) is 22.4 Å². The van der Waals surface area contributed by atoms with Crippen LogP contribution in [0.2, 0.25) is 0 Å². The number of anilines is 2. The fourth-order valence-corrected chi connectivity index (χ4v) is 4.82. The highest BCUT2D eigenvalue weighted by Gasteiger charge is 2.41. The molecule has 3 aromatic rings. The Morgan fingerprint density at radius 3 is 2.77 bits per heavy atom. The third kappa shape index (κ3) is 4.46. The number of hydrogen-bond donors (Lipinski definition) is 5. The summed E-state index contributed by atoms with van der Waals surface area (Å²) in [6.45, 7) is 2.73. The van der Waals surface area contributed by atoms with Gasteiger partial charge in [-0.1, -0.05) is 0 Å². The molecule has 0 aliphatic heterocycles. The zero-order valence-corrected chi connectivity index (χ0v) is 18.1. The summed E-state index contributed by atoms with van der Waals surface area (Å²) < 4.78 is 6.07. The number of fused-ring (bicyclic) bond motifs is 1. The largest absolute Gasteiger partial charge is 0.396 e. The number of aliphatic hydroxyl groups excluding tert-OH is 3. The van der Waals surface area contributed by atoms with Crippen LogP contribution in [-0.4, -0.2) is 80.4 Å². The molecular formula is C20H26N6O4S. The van der Waals surface area contributed by atoms with Gasteiger partial charge in [0.15, 0.2) is 0 Å². The highest BCUT2D eigenvalue weighted by molar-refractivity contribution is 7.21. The van der Waals surface area contributed by atoms with E-state index in [1.165, 1.54) is 11.3 Å². The summed E-state index contributed by atoms with van der Waals surface area (Å²) in [5, 5.41) is 37.3. The van der Waals surface area contributed by atoms with E-state index < -0.39 is 24.2 Å². The van der Waals surface area contributed by atoms with Crippen LogP contribution < -0.4 is 10.6 Å². The van der Waals surface area contributed by atoms with Crippen molar-refractivity contribution in [3.8, 4) is 10.6 Å². The Kier molecular flexibility index (Phi) is 6.58. The Morgan fingerprint density at radius 2 is 2.06 bits per heavy atom. The first-order valence-corrected chi connectivity index (χ1v) is 10.9. The first-order chi connectivity index (χ1) is 15.0. The van der Waals surface area contributed by atoms with Crippen molar-refractivity contribution < 1.29 is 20.1 Å². The van der Waals surface area contributed by atoms with Crippen molar-refractivity contribution in [2.75, 3.05) is 37.5 Å². The predicted octanol–water partition coefficient (Wildman–Crippen LogP) is 1.03. The molecule has 4 atom stereocenters. The molecule has 31 heavy (non-hydrogen) atoms. The topological polar surface area (TPSA) is 146 Å². The second kappa shape index (κ2) is 9.37. The van der Waals surface area contributed by atoms with Crippen LogP contribution >= 0.6 is 11.3 Å². The van der Waals surface area contributed by atoms with Crippen molar-refractivity contribution in [1.29, 1.82) is 0 Å². The molecular weight excluding hydrogens is 420 g/mol. The molecule has 1 fully saturated rings. The highest BCUT2D eigenvalue weighted by Crippen LogP contribution is 2.37. The van der Waals surface area contributed by atoms with E-state index in [-0.39, 0.29) is 6.61 Å². The Bertz CT molecular complexity index is 1010. The second-order valence-electron chi connectivity index (χ2n) is 7.55.